The highest BCUT2D eigenvalue weighted by molar-refractivity contribution is 6.03. The van der Waals surface area contributed by atoms with Crippen molar-refractivity contribution in [2.45, 2.75) is 25.6 Å². The van der Waals surface area contributed by atoms with Crippen molar-refractivity contribution in [2.75, 3.05) is 23.9 Å². The zero-order valence-electron chi connectivity index (χ0n) is 17.3. The van der Waals surface area contributed by atoms with E-state index in [1.165, 1.54) is 0 Å². The fourth-order valence-corrected chi connectivity index (χ4v) is 4.36. The normalized spacial score (nSPS) is 19.1. The molecule has 3 aromatic rings. The van der Waals surface area contributed by atoms with Crippen LogP contribution in [0.1, 0.15) is 40.2 Å². The number of methoxy groups -OCH3 is 1. The number of aliphatic hydroxyl groups is 1. The highest BCUT2D eigenvalue weighted by atomic mass is 16.5. The number of pyridine rings is 2. The summed E-state index contributed by atoms with van der Waals surface area (Å²) in [4.78, 5) is 23.5. The topological polar surface area (TPSA) is 99.6 Å². The molecule has 0 bridgehead atoms. The average molecular weight is 417 g/mol. The van der Waals surface area contributed by atoms with Gasteiger partial charge in [-0.3, -0.25) is 15.2 Å². The van der Waals surface area contributed by atoms with Gasteiger partial charge in [0.05, 0.1) is 36.4 Å². The third-order valence-corrected chi connectivity index (χ3v) is 5.92. The molecule has 0 aliphatic carbocycles. The Morgan fingerprint density at radius 2 is 2.13 bits per heavy atom. The highest BCUT2D eigenvalue weighted by Crippen LogP contribution is 2.40. The first-order valence-electron chi connectivity index (χ1n) is 10.2. The van der Waals surface area contributed by atoms with Gasteiger partial charge in [0.15, 0.2) is 0 Å². The molecular formula is C23H23N5O3. The third-order valence-electron chi connectivity index (χ3n) is 5.92. The van der Waals surface area contributed by atoms with Crippen LogP contribution in [0.5, 0.6) is 5.88 Å². The van der Waals surface area contributed by atoms with E-state index in [1.54, 1.807) is 30.5 Å². The fourth-order valence-electron chi connectivity index (χ4n) is 4.36. The van der Waals surface area contributed by atoms with Crippen molar-refractivity contribution in [3.05, 3.63) is 76.7 Å². The number of nitrogens with one attached hydrogen (secondary N) is 2. The van der Waals surface area contributed by atoms with Gasteiger partial charge < -0.3 is 15.2 Å². The Labute approximate surface area is 179 Å². The minimum Gasteiger partial charge on any atom is -0.481 e. The monoisotopic (exact) mass is 417 g/mol. The summed E-state index contributed by atoms with van der Waals surface area (Å²) in [5, 5.41) is 16.8. The van der Waals surface area contributed by atoms with E-state index in [9.17, 15) is 9.90 Å². The van der Waals surface area contributed by atoms with Crippen molar-refractivity contribution >= 4 is 17.4 Å². The molecule has 8 heteroatoms. The number of nitrogens with zero attached hydrogens (tertiary/aromatic N) is 3. The average Bonchev–Trinajstić information content (AvgIpc) is 3.35. The SMILES string of the molecule is COc1cc2c(cn1)N(C(=O)Nc1ccnc3c1C(c1ccccc1C)NC3O)CC2. The van der Waals surface area contributed by atoms with E-state index in [-0.39, 0.29) is 12.1 Å². The second-order valence-electron chi connectivity index (χ2n) is 7.70. The molecule has 2 aliphatic rings. The van der Waals surface area contributed by atoms with Gasteiger partial charge in [-0.2, -0.15) is 0 Å². The molecule has 2 atom stereocenters. The molecular weight excluding hydrogens is 394 g/mol. The van der Waals surface area contributed by atoms with E-state index in [2.05, 4.69) is 20.6 Å². The van der Waals surface area contributed by atoms with Crippen LogP contribution in [0.25, 0.3) is 0 Å². The van der Waals surface area contributed by atoms with E-state index >= 15 is 0 Å². The molecule has 158 valence electrons. The van der Waals surface area contributed by atoms with Crippen LogP contribution in [0.4, 0.5) is 16.2 Å². The van der Waals surface area contributed by atoms with Crippen molar-refractivity contribution in [3.63, 3.8) is 0 Å². The van der Waals surface area contributed by atoms with Gasteiger partial charge in [-0.15, -0.1) is 0 Å². The minimum absolute atomic E-state index is 0.246. The lowest BCUT2D eigenvalue weighted by molar-refractivity contribution is 0.142. The van der Waals surface area contributed by atoms with Crippen molar-refractivity contribution in [1.29, 1.82) is 0 Å². The van der Waals surface area contributed by atoms with Crippen LogP contribution >= 0.6 is 0 Å². The Balaban J connectivity index is 1.47. The molecule has 5 rings (SSSR count). The van der Waals surface area contributed by atoms with E-state index < -0.39 is 6.23 Å². The zero-order valence-corrected chi connectivity index (χ0v) is 17.3. The van der Waals surface area contributed by atoms with E-state index in [0.717, 1.165) is 34.4 Å². The molecule has 8 nitrogen and oxygen atoms in total. The van der Waals surface area contributed by atoms with Crippen molar-refractivity contribution in [3.8, 4) is 5.88 Å². The van der Waals surface area contributed by atoms with Gasteiger partial charge in [-0.05, 0) is 36.1 Å². The molecule has 2 aromatic heterocycles. The fraction of sp³-hybridized carbons (Fsp3) is 0.261. The predicted octanol–water partition coefficient (Wildman–Crippen LogP) is 3.07. The molecule has 0 fully saturated rings. The third kappa shape index (κ3) is 3.30. The van der Waals surface area contributed by atoms with Crippen molar-refractivity contribution < 1.29 is 14.6 Å². The number of amides is 2. The molecule has 2 unspecified atom stereocenters. The molecule has 31 heavy (non-hydrogen) atoms. The van der Waals surface area contributed by atoms with Gasteiger partial charge in [0.1, 0.15) is 6.23 Å². The van der Waals surface area contributed by atoms with Gasteiger partial charge >= 0.3 is 6.03 Å². The number of fused-ring (bicyclic) bond motifs is 2. The van der Waals surface area contributed by atoms with Crippen LogP contribution in [0, 0.1) is 6.92 Å². The molecule has 4 heterocycles. The molecule has 2 amide bonds. The van der Waals surface area contributed by atoms with Gasteiger partial charge in [-0.25, -0.2) is 9.78 Å². The first-order valence-corrected chi connectivity index (χ1v) is 10.2. The summed E-state index contributed by atoms with van der Waals surface area (Å²) >= 11 is 0. The number of urea groups is 1. The molecule has 0 radical (unpaired) electrons. The number of aromatic nitrogens is 2. The Hall–Kier alpha value is -3.49. The van der Waals surface area contributed by atoms with Crippen molar-refractivity contribution in [1.82, 2.24) is 15.3 Å². The van der Waals surface area contributed by atoms with Crippen LogP contribution in [0.2, 0.25) is 0 Å². The molecule has 1 aromatic carbocycles. The molecule has 0 saturated heterocycles. The lowest BCUT2D eigenvalue weighted by Gasteiger charge is -2.21. The van der Waals surface area contributed by atoms with E-state index in [1.807, 2.05) is 37.3 Å². The summed E-state index contributed by atoms with van der Waals surface area (Å²) < 4.78 is 5.19. The van der Waals surface area contributed by atoms with Gasteiger partial charge in [0.25, 0.3) is 0 Å². The number of carbonyl (C=O) groups is 1. The maximum absolute atomic E-state index is 13.2. The summed E-state index contributed by atoms with van der Waals surface area (Å²) in [5.41, 5.74) is 5.86. The smallest absolute Gasteiger partial charge is 0.326 e. The van der Waals surface area contributed by atoms with Crippen LogP contribution < -0.4 is 20.3 Å². The Morgan fingerprint density at radius 1 is 1.29 bits per heavy atom. The number of ether oxygens (including phenoxy) is 1. The maximum atomic E-state index is 13.2. The number of hydrogen-bond donors (Lipinski definition) is 3. The van der Waals surface area contributed by atoms with E-state index in [0.29, 0.717) is 23.8 Å². The van der Waals surface area contributed by atoms with Crippen LogP contribution in [-0.2, 0) is 6.42 Å². The number of hydrogen-bond acceptors (Lipinski definition) is 6. The Morgan fingerprint density at radius 3 is 2.94 bits per heavy atom. The van der Waals surface area contributed by atoms with Crippen LogP contribution in [0.3, 0.4) is 0 Å². The Bertz CT molecular complexity index is 1170. The summed E-state index contributed by atoms with van der Waals surface area (Å²) in [6, 6.07) is 11.1. The lowest BCUT2D eigenvalue weighted by Crippen LogP contribution is -2.34. The number of anilines is 2. The van der Waals surface area contributed by atoms with Crippen molar-refractivity contribution in [2.24, 2.45) is 0 Å². The molecule has 3 N–H and O–H groups in total. The quantitative estimate of drug-likeness (QED) is 0.606. The maximum Gasteiger partial charge on any atom is 0.326 e. The standard InChI is InChI=1S/C23H23N5O3/c1-13-5-3-4-6-15(13)20-19-16(7-9-24-21(19)22(29)27-20)26-23(30)28-10-8-14-11-18(31-2)25-12-17(14)28/h3-7,9,11-12,20,22,27,29H,8,10H2,1-2H3,(H,24,26,30). The summed E-state index contributed by atoms with van der Waals surface area (Å²) in [5.74, 6) is 0.536. The zero-order chi connectivity index (χ0) is 21.5. The summed E-state index contributed by atoms with van der Waals surface area (Å²) in [7, 11) is 1.57. The van der Waals surface area contributed by atoms with Gasteiger partial charge in [-0.1, -0.05) is 24.3 Å². The highest BCUT2D eigenvalue weighted by Gasteiger charge is 2.35. The lowest BCUT2D eigenvalue weighted by atomic mass is 9.95. The van der Waals surface area contributed by atoms with Crippen LogP contribution in [0.15, 0.2) is 48.8 Å². The first-order chi connectivity index (χ1) is 15.1. The molecule has 0 spiro atoms. The number of benzene rings is 1. The Kier molecular flexibility index (Phi) is 4.80. The first kappa shape index (κ1) is 19.5. The number of rotatable bonds is 3. The van der Waals surface area contributed by atoms with Crippen LogP contribution in [-0.4, -0.2) is 34.8 Å². The second-order valence-corrected chi connectivity index (χ2v) is 7.70. The predicted molar refractivity (Wildman–Crippen MR) is 116 cm³/mol. The second kappa shape index (κ2) is 7.64. The summed E-state index contributed by atoms with van der Waals surface area (Å²) in [6.07, 6.45) is 3.10. The molecule has 0 saturated carbocycles. The number of aliphatic hydroxyl groups excluding tert-OH is 1. The largest absolute Gasteiger partial charge is 0.481 e. The van der Waals surface area contributed by atoms with E-state index in [4.69, 9.17) is 4.74 Å². The van der Waals surface area contributed by atoms with Gasteiger partial charge in [0, 0.05) is 24.4 Å². The number of carbonyl (C=O) groups excluding carboxylic acids is 1. The van der Waals surface area contributed by atoms with Gasteiger partial charge in [0.2, 0.25) is 5.88 Å². The minimum atomic E-state index is -0.902. The molecule has 2 aliphatic heterocycles. The number of aryl methyl sites for hydroxylation is 1. The summed E-state index contributed by atoms with van der Waals surface area (Å²) in [6.45, 7) is 2.59.